The molecule has 0 fully saturated rings. The standard InChI is InChI=1S/C17H24O/c1-5-7-8-9-14(3)17-11-10-16(13-15(17)4)18-12-6-2/h10-11,13-14H,5-6,9,12H2,1-4H3. The summed E-state index contributed by atoms with van der Waals surface area (Å²) in [6.07, 6.45) is 2.92. The second-order valence-electron chi connectivity index (χ2n) is 4.68. The van der Waals surface area contributed by atoms with E-state index < -0.39 is 0 Å². The number of hydrogen-bond donors (Lipinski definition) is 0. The summed E-state index contributed by atoms with van der Waals surface area (Å²) in [6, 6.07) is 6.38. The highest BCUT2D eigenvalue weighted by atomic mass is 16.5. The van der Waals surface area contributed by atoms with Gasteiger partial charge in [0.05, 0.1) is 6.61 Å². The topological polar surface area (TPSA) is 9.23 Å². The van der Waals surface area contributed by atoms with Crippen LogP contribution >= 0.6 is 0 Å². The summed E-state index contributed by atoms with van der Waals surface area (Å²) in [4.78, 5) is 0. The zero-order valence-corrected chi connectivity index (χ0v) is 12.0. The number of aryl methyl sites for hydroxylation is 1. The average molecular weight is 244 g/mol. The Labute approximate surface area is 112 Å². The van der Waals surface area contributed by atoms with Gasteiger partial charge >= 0.3 is 0 Å². The normalized spacial score (nSPS) is 11.6. The molecule has 1 unspecified atom stereocenters. The Morgan fingerprint density at radius 3 is 2.61 bits per heavy atom. The highest BCUT2D eigenvalue weighted by Crippen LogP contribution is 2.25. The van der Waals surface area contributed by atoms with Crippen LogP contribution in [-0.2, 0) is 0 Å². The van der Waals surface area contributed by atoms with Crippen LogP contribution in [0.1, 0.15) is 57.1 Å². The van der Waals surface area contributed by atoms with E-state index in [-0.39, 0.29) is 0 Å². The van der Waals surface area contributed by atoms with E-state index in [9.17, 15) is 0 Å². The van der Waals surface area contributed by atoms with E-state index in [1.54, 1.807) is 0 Å². The highest BCUT2D eigenvalue weighted by molar-refractivity contribution is 5.37. The molecular formula is C17H24O. The zero-order valence-electron chi connectivity index (χ0n) is 12.0. The molecule has 1 aromatic rings. The van der Waals surface area contributed by atoms with E-state index in [1.165, 1.54) is 11.1 Å². The van der Waals surface area contributed by atoms with Gasteiger partial charge in [0.2, 0.25) is 0 Å². The summed E-state index contributed by atoms with van der Waals surface area (Å²) in [6.45, 7) is 9.38. The van der Waals surface area contributed by atoms with Crippen molar-refractivity contribution < 1.29 is 4.74 Å². The fraction of sp³-hybridized carbons (Fsp3) is 0.529. The number of ether oxygens (including phenoxy) is 1. The van der Waals surface area contributed by atoms with Crippen LogP contribution in [0.15, 0.2) is 18.2 Å². The second-order valence-corrected chi connectivity index (χ2v) is 4.68. The van der Waals surface area contributed by atoms with Crippen LogP contribution in [0.3, 0.4) is 0 Å². The average Bonchev–Trinajstić information content (AvgIpc) is 2.36. The third kappa shape index (κ3) is 4.45. The predicted molar refractivity (Wildman–Crippen MR) is 78.1 cm³/mol. The Balaban J connectivity index is 2.72. The molecule has 0 saturated carbocycles. The van der Waals surface area contributed by atoms with Crippen molar-refractivity contribution in [3.63, 3.8) is 0 Å². The quantitative estimate of drug-likeness (QED) is 0.683. The molecule has 98 valence electrons. The van der Waals surface area contributed by atoms with Crippen LogP contribution in [0.25, 0.3) is 0 Å². The van der Waals surface area contributed by atoms with Gasteiger partial charge in [-0.2, -0.15) is 0 Å². The van der Waals surface area contributed by atoms with Gasteiger partial charge in [-0.1, -0.05) is 26.8 Å². The lowest BCUT2D eigenvalue weighted by atomic mass is 9.94. The molecule has 0 amide bonds. The van der Waals surface area contributed by atoms with E-state index in [4.69, 9.17) is 4.74 Å². The van der Waals surface area contributed by atoms with Crippen molar-refractivity contribution in [3.05, 3.63) is 29.3 Å². The van der Waals surface area contributed by atoms with Gasteiger partial charge in [-0.25, -0.2) is 0 Å². The molecule has 1 heteroatoms. The first-order valence-corrected chi connectivity index (χ1v) is 6.88. The summed E-state index contributed by atoms with van der Waals surface area (Å²) in [5, 5.41) is 0. The van der Waals surface area contributed by atoms with Crippen LogP contribution < -0.4 is 4.74 Å². The second kappa shape index (κ2) is 7.82. The molecule has 1 atom stereocenters. The molecule has 1 aromatic carbocycles. The van der Waals surface area contributed by atoms with Crippen LogP contribution in [-0.4, -0.2) is 6.61 Å². The van der Waals surface area contributed by atoms with Crippen LogP contribution in [0.5, 0.6) is 5.75 Å². The maximum absolute atomic E-state index is 5.64. The van der Waals surface area contributed by atoms with Crippen molar-refractivity contribution in [2.45, 2.75) is 52.9 Å². The van der Waals surface area contributed by atoms with Gasteiger partial charge in [0.25, 0.3) is 0 Å². The molecule has 0 aliphatic heterocycles. The van der Waals surface area contributed by atoms with Crippen LogP contribution in [0, 0.1) is 18.8 Å². The molecule has 18 heavy (non-hydrogen) atoms. The minimum Gasteiger partial charge on any atom is -0.494 e. The van der Waals surface area contributed by atoms with E-state index in [0.717, 1.165) is 31.6 Å². The first-order chi connectivity index (χ1) is 8.69. The van der Waals surface area contributed by atoms with Crippen molar-refractivity contribution in [1.29, 1.82) is 0 Å². The predicted octanol–water partition coefficient (Wildman–Crippen LogP) is 4.69. The lowest BCUT2D eigenvalue weighted by Crippen LogP contribution is -1.99. The summed E-state index contributed by atoms with van der Waals surface area (Å²) >= 11 is 0. The molecule has 0 aromatic heterocycles. The Hall–Kier alpha value is -1.42. The molecule has 1 rings (SSSR count). The van der Waals surface area contributed by atoms with E-state index >= 15 is 0 Å². The lowest BCUT2D eigenvalue weighted by Gasteiger charge is -2.14. The Kier molecular flexibility index (Phi) is 6.36. The van der Waals surface area contributed by atoms with Crippen molar-refractivity contribution in [2.75, 3.05) is 6.61 Å². The first-order valence-electron chi connectivity index (χ1n) is 6.88. The van der Waals surface area contributed by atoms with Gasteiger partial charge in [0.15, 0.2) is 0 Å². The van der Waals surface area contributed by atoms with Gasteiger partial charge in [0, 0.05) is 12.8 Å². The molecule has 0 aliphatic carbocycles. The number of hydrogen-bond acceptors (Lipinski definition) is 1. The summed E-state index contributed by atoms with van der Waals surface area (Å²) in [5.74, 6) is 7.83. The fourth-order valence-corrected chi connectivity index (χ4v) is 1.97. The SMILES string of the molecule is CCC#CCC(C)c1ccc(OCCC)cc1C. The van der Waals surface area contributed by atoms with Crippen LogP contribution in [0.2, 0.25) is 0 Å². The van der Waals surface area contributed by atoms with Crippen LogP contribution in [0.4, 0.5) is 0 Å². The molecule has 0 aliphatic rings. The number of benzene rings is 1. The molecule has 0 spiro atoms. The first kappa shape index (κ1) is 14.6. The van der Waals surface area contributed by atoms with Crippen molar-refractivity contribution in [3.8, 4) is 17.6 Å². The molecule has 0 N–H and O–H groups in total. The fourth-order valence-electron chi connectivity index (χ4n) is 1.97. The van der Waals surface area contributed by atoms with Crippen molar-refractivity contribution in [2.24, 2.45) is 0 Å². The lowest BCUT2D eigenvalue weighted by molar-refractivity contribution is 0.317. The zero-order chi connectivity index (χ0) is 13.4. The molecule has 0 saturated heterocycles. The van der Waals surface area contributed by atoms with Crippen molar-refractivity contribution in [1.82, 2.24) is 0 Å². The minimum absolute atomic E-state index is 0.490. The number of rotatable bonds is 5. The van der Waals surface area contributed by atoms with Gasteiger partial charge in [-0.15, -0.1) is 11.8 Å². The highest BCUT2D eigenvalue weighted by Gasteiger charge is 2.08. The summed E-state index contributed by atoms with van der Waals surface area (Å²) in [7, 11) is 0. The van der Waals surface area contributed by atoms with Crippen molar-refractivity contribution >= 4 is 0 Å². The molecule has 1 nitrogen and oxygen atoms in total. The largest absolute Gasteiger partial charge is 0.494 e. The molecule has 0 heterocycles. The van der Waals surface area contributed by atoms with Gasteiger partial charge in [-0.3, -0.25) is 0 Å². The third-order valence-corrected chi connectivity index (χ3v) is 2.96. The van der Waals surface area contributed by atoms with Gasteiger partial charge in [0.1, 0.15) is 5.75 Å². The molecular weight excluding hydrogens is 220 g/mol. The molecule has 0 radical (unpaired) electrons. The maximum Gasteiger partial charge on any atom is 0.119 e. The Morgan fingerprint density at radius 1 is 1.22 bits per heavy atom. The smallest absolute Gasteiger partial charge is 0.119 e. The van der Waals surface area contributed by atoms with Gasteiger partial charge < -0.3 is 4.74 Å². The monoisotopic (exact) mass is 244 g/mol. The summed E-state index contributed by atoms with van der Waals surface area (Å²) in [5.41, 5.74) is 2.68. The van der Waals surface area contributed by atoms with E-state index in [1.807, 2.05) is 0 Å². The Bertz CT molecular complexity index is 423. The minimum atomic E-state index is 0.490. The third-order valence-electron chi connectivity index (χ3n) is 2.96. The van der Waals surface area contributed by atoms with E-state index in [2.05, 4.69) is 57.7 Å². The van der Waals surface area contributed by atoms with Gasteiger partial charge in [-0.05, 0) is 42.5 Å². The molecule has 0 bridgehead atoms. The summed E-state index contributed by atoms with van der Waals surface area (Å²) < 4.78 is 5.64. The Morgan fingerprint density at radius 2 is 2.00 bits per heavy atom. The maximum atomic E-state index is 5.64. The van der Waals surface area contributed by atoms with E-state index in [0.29, 0.717) is 5.92 Å².